The Morgan fingerprint density at radius 1 is 1.10 bits per heavy atom. The third-order valence-corrected chi connectivity index (χ3v) is 5.60. The Balaban J connectivity index is 1.63. The number of fused-ring (bicyclic) bond motifs is 1. The van der Waals surface area contributed by atoms with E-state index in [0.29, 0.717) is 17.6 Å². The number of carbonyl (C=O) groups is 1. The van der Waals surface area contributed by atoms with Gasteiger partial charge in [-0.15, -0.1) is 0 Å². The molecule has 1 atom stereocenters. The Hall–Kier alpha value is -2.96. The van der Waals surface area contributed by atoms with Gasteiger partial charge in [-0.1, -0.05) is 48.5 Å². The van der Waals surface area contributed by atoms with Gasteiger partial charge in [-0.05, 0) is 30.0 Å². The summed E-state index contributed by atoms with van der Waals surface area (Å²) < 4.78 is 5.45. The molecule has 1 aliphatic rings. The van der Waals surface area contributed by atoms with Crippen LogP contribution < -0.4 is 5.56 Å². The van der Waals surface area contributed by atoms with Crippen LogP contribution in [0.3, 0.4) is 0 Å². The zero-order chi connectivity index (χ0) is 20.9. The first-order valence-electron chi connectivity index (χ1n) is 10.4. The predicted molar refractivity (Wildman–Crippen MR) is 118 cm³/mol. The molecule has 156 valence electrons. The number of carbonyl (C=O) groups excluding carboxylic acids is 1. The van der Waals surface area contributed by atoms with Crippen molar-refractivity contribution in [1.82, 2.24) is 14.8 Å². The molecule has 0 spiro atoms. The third kappa shape index (κ3) is 4.61. The van der Waals surface area contributed by atoms with Crippen LogP contribution in [0.15, 0.2) is 65.5 Å². The van der Waals surface area contributed by atoms with Crippen molar-refractivity contribution in [2.45, 2.75) is 19.5 Å². The molecule has 0 bridgehead atoms. The lowest BCUT2D eigenvalue weighted by Gasteiger charge is -2.35. The van der Waals surface area contributed by atoms with Gasteiger partial charge in [0.15, 0.2) is 0 Å². The molecular weight excluding hydrogens is 378 g/mol. The zero-order valence-electron chi connectivity index (χ0n) is 17.2. The van der Waals surface area contributed by atoms with Gasteiger partial charge in [0.25, 0.3) is 11.5 Å². The third-order valence-electron chi connectivity index (χ3n) is 5.60. The molecule has 4 rings (SSSR count). The Bertz CT molecular complexity index is 1060. The summed E-state index contributed by atoms with van der Waals surface area (Å²) in [6.45, 7) is 6.49. The highest BCUT2D eigenvalue weighted by molar-refractivity contribution is 5.96. The molecule has 1 fully saturated rings. The lowest BCUT2D eigenvalue weighted by molar-refractivity contribution is 0.0227. The minimum atomic E-state index is -0.239. The van der Waals surface area contributed by atoms with Gasteiger partial charge in [-0.3, -0.25) is 14.5 Å². The summed E-state index contributed by atoms with van der Waals surface area (Å²) in [4.78, 5) is 33.0. The minimum absolute atomic E-state index is 0.0224. The molecule has 1 N–H and O–H groups in total. The average molecular weight is 405 g/mol. The van der Waals surface area contributed by atoms with Gasteiger partial charge in [0.2, 0.25) is 0 Å². The minimum Gasteiger partial charge on any atom is -0.379 e. The molecular formula is C24H27N3O3. The smallest absolute Gasteiger partial charge is 0.270 e. The maximum atomic E-state index is 13.5. The molecule has 6 heteroatoms. The molecule has 1 saturated heterocycles. The average Bonchev–Trinajstić information content (AvgIpc) is 2.78. The van der Waals surface area contributed by atoms with E-state index < -0.39 is 0 Å². The van der Waals surface area contributed by atoms with Crippen LogP contribution in [0.5, 0.6) is 0 Å². The van der Waals surface area contributed by atoms with Gasteiger partial charge >= 0.3 is 0 Å². The Kier molecular flexibility index (Phi) is 6.26. The van der Waals surface area contributed by atoms with Crippen molar-refractivity contribution in [2.75, 3.05) is 32.8 Å². The number of H-pyrrole nitrogens is 1. The number of nitrogens with zero attached hydrogens (tertiary/aromatic N) is 2. The SMILES string of the molecule is CC(CN1CCOCC1)N(Cc1ccccc1)C(=O)c1cc2ccccc2c(=O)[nH]1. The number of nitrogens with one attached hydrogen (secondary N) is 1. The first kappa shape index (κ1) is 20.3. The van der Waals surface area contributed by atoms with Gasteiger partial charge in [0.1, 0.15) is 5.69 Å². The van der Waals surface area contributed by atoms with Crippen LogP contribution in [0.1, 0.15) is 23.0 Å². The summed E-state index contributed by atoms with van der Waals surface area (Å²) in [7, 11) is 0. The monoisotopic (exact) mass is 405 g/mol. The zero-order valence-corrected chi connectivity index (χ0v) is 17.2. The van der Waals surface area contributed by atoms with E-state index in [1.165, 1.54) is 0 Å². The van der Waals surface area contributed by atoms with E-state index in [0.717, 1.165) is 43.8 Å². The Morgan fingerprint density at radius 2 is 1.80 bits per heavy atom. The fraction of sp³-hybridized carbons (Fsp3) is 0.333. The van der Waals surface area contributed by atoms with E-state index in [4.69, 9.17) is 4.74 Å². The first-order chi connectivity index (χ1) is 14.6. The molecule has 1 amide bonds. The molecule has 3 aromatic rings. The quantitative estimate of drug-likeness (QED) is 0.685. The summed E-state index contributed by atoms with van der Waals surface area (Å²) in [5.74, 6) is -0.164. The Labute approximate surface area is 176 Å². The molecule has 0 aliphatic carbocycles. The molecule has 30 heavy (non-hydrogen) atoms. The second kappa shape index (κ2) is 9.24. The maximum Gasteiger partial charge on any atom is 0.270 e. The number of rotatable bonds is 6. The van der Waals surface area contributed by atoms with Crippen molar-refractivity contribution in [2.24, 2.45) is 0 Å². The van der Waals surface area contributed by atoms with Gasteiger partial charge in [-0.25, -0.2) is 0 Å². The first-order valence-corrected chi connectivity index (χ1v) is 10.4. The van der Waals surface area contributed by atoms with Crippen molar-refractivity contribution in [3.8, 4) is 0 Å². The molecule has 1 unspecified atom stereocenters. The van der Waals surface area contributed by atoms with Crippen molar-refractivity contribution in [1.29, 1.82) is 0 Å². The van der Waals surface area contributed by atoms with Gasteiger partial charge in [0, 0.05) is 37.6 Å². The number of hydrogen-bond donors (Lipinski definition) is 1. The van der Waals surface area contributed by atoms with Gasteiger partial charge in [0.05, 0.1) is 13.2 Å². The lowest BCUT2D eigenvalue weighted by atomic mass is 10.1. The van der Waals surface area contributed by atoms with Crippen molar-refractivity contribution in [3.05, 3.63) is 82.3 Å². The number of aromatic nitrogens is 1. The largest absolute Gasteiger partial charge is 0.379 e. The topological polar surface area (TPSA) is 65.6 Å². The summed E-state index contributed by atoms with van der Waals surface area (Å²) in [5, 5.41) is 1.36. The van der Waals surface area contributed by atoms with Crippen LogP contribution in [-0.4, -0.2) is 59.6 Å². The number of ether oxygens (including phenoxy) is 1. The molecule has 2 aromatic carbocycles. The Morgan fingerprint density at radius 3 is 2.57 bits per heavy atom. The van der Waals surface area contributed by atoms with E-state index in [2.05, 4.69) is 16.8 Å². The van der Waals surface area contributed by atoms with E-state index in [-0.39, 0.29) is 17.5 Å². The normalized spacial score (nSPS) is 15.8. The van der Waals surface area contributed by atoms with Crippen LogP contribution in [0.4, 0.5) is 0 Å². The van der Waals surface area contributed by atoms with Crippen molar-refractivity contribution < 1.29 is 9.53 Å². The number of aromatic amines is 1. The van der Waals surface area contributed by atoms with Crippen molar-refractivity contribution >= 4 is 16.7 Å². The number of benzene rings is 2. The van der Waals surface area contributed by atoms with E-state index >= 15 is 0 Å². The predicted octanol–water partition coefficient (Wildman–Crippen LogP) is 2.89. The molecule has 6 nitrogen and oxygen atoms in total. The number of morpholine rings is 1. The lowest BCUT2D eigenvalue weighted by Crippen LogP contribution is -2.48. The van der Waals surface area contributed by atoms with E-state index in [9.17, 15) is 9.59 Å². The molecule has 2 heterocycles. The fourth-order valence-electron chi connectivity index (χ4n) is 3.94. The van der Waals surface area contributed by atoms with E-state index in [1.807, 2.05) is 53.4 Å². The maximum absolute atomic E-state index is 13.5. The second-order valence-corrected chi connectivity index (χ2v) is 7.78. The van der Waals surface area contributed by atoms with Crippen LogP contribution in [0, 0.1) is 0 Å². The molecule has 1 aromatic heterocycles. The molecule has 0 saturated carbocycles. The van der Waals surface area contributed by atoms with Crippen molar-refractivity contribution in [3.63, 3.8) is 0 Å². The second-order valence-electron chi connectivity index (χ2n) is 7.78. The summed E-state index contributed by atoms with van der Waals surface area (Å²) >= 11 is 0. The summed E-state index contributed by atoms with van der Waals surface area (Å²) in [6, 6.07) is 19.0. The number of hydrogen-bond acceptors (Lipinski definition) is 4. The number of pyridine rings is 1. The molecule has 1 aliphatic heterocycles. The standard InChI is InChI=1S/C24H27N3O3/c1-18(16-26-11-13-30-14-12-26)27(17-19-7-3-2-4-8-19)24(29)22-15-20-9-5-6-10-21(20)23(28)25-22/h2-10,15,18H,11-14,16-17H2,1H3,(H,25,28). The molecule has 0 radical (unpaired) electrons. The van der Waals surface area contributed by atoms with Crippen LogP contribution in [0.25, 0.3) is 10.8 Å². The highest BCUT2D eigenvalue weighted by atomic mass is 16.5. The summed E-state index contributed by atoms with van der Waals surface area (Å²) in [5.41, 5.74) is 1.14. The highest BCUT2D eigenvalue weighted by Crippen LogP contribution is 2.16. The number of amides is 1. The summed E-state index contributed by atoms with van der Waals surface area (Å²) in [6.07, 6.45) is 0. The van der Waals surface area contributed by atoms with Gasteiger partial charge < -0.3 is 14.6 Å². The highest BCUT2D eigenvalue weighted by Gasteiger charge is 2.25. The van der Waals surface area contributed by atoms with Crippen LogP contribution in [0.2, 0.25) is 0 Å². The fourth-order valence-corrected chi connectivity index (χ4v) is 3.94. The van der Waals surface area contributed by atoms with Gasteiger partial charge in [-0.2, -0.15) is 0 Å². The van der Waals surface area contributed by atoms with Crippen LogP contribution in [-0.2, 0) is 11.3 Å². The van der Waals surface area contributed by atoms with E-state index in [1.54, 1.807) is 12.1 Å². The van der Waals surface area contributed by atoms with Crippen LogP contribution >= 0.6 is 0 Å².